The zero-order valence-electron chi connectivity index (χ0n) is 12.4. The van der Waals surface area contributed by atoms with E-state index in [4.69, 9.17) is 11.6 Å². The molecule has 1 N–H and O–H groups in total. The molecule has 114 valence electrons. The van der Waals surface area contributed by atoms with Crippen molar-refractivity contribution in [2.24, 2.45) is 5.92 Å². The zero-order chi connectivity index (χ0) is 15.2. The molecule has 0 aromatic heterocycles. The van der Waals surface area contributed by atoms with E-state index < -0.39 is 9.84 Å². The van der Waals surface area contributed by atoms with Gasteiger partial charge >= 0.3 is 0 Å². The van der Waals surface area contributed by atoms with Gasteiger partial charge in [0.05, 0.1) is 10.6 Å². The number of nitrogens with one attached hydrogen (secondary N) is 1. The van der Waals surface area contributed by atoms with Crippen LogP contribution in [-0.2, 0) is 9.84 Å². The Hall–Kier alpha value is -0.740. The fourth-order valence-corrected chi connectivity index (χ4v) is 3.61. The van der Waals surface area contributed by atoms with E-state index >= 15 is 0 Å². The molecule has 1 aromatic carbocycles. The first-order valence-electron chi connectivity index (χ1n) is 7.06. The van der Waals surface area contributed by atoms with Gasteiger partial charge in [-0.05, 0) is 43.0 Å². The van der Waals surface area contributed by atoms with Crippen LogP contribution in [0.15, 0.2) is 29.2 Å². The highest BCUT2D eigenvalue weighted by Crippen LogP contribution is 2.19. The Morgan fingerprint density at radius 3 is 2.25 bits per heavy atom. The van der Waals surface area contributed by atoms with Gasteiger partial charge < -0.3 is 5.32 Å². The van der Waals surface area contributed by atoms with Crippen molar-refractivity contribution < 1.29 is 8.42 Å². The fourth-order valence-electron chi connectivity index (χ4n) is 2.05. The van der Waals surface area contributed by atoms with Crippen molar-refractivity contribution in [1.82, 2.24) is 0 Å². The van der Waals surface area contributed by atoms with Crippen molar-refractivity contribution in [3.8, 4) is 0 Å². The van der Waals surface area contributed by atoms with Crippen molar-refractivity contribution >= 4 is 27.1 Å². The van der Waals surface area contributed by atoms with Crippen LogP contribution in [0.2, 0.25) is 0 Å². The Labute approximate surface area is 127 Å². The Kier molecular flexibility index (Phi) is 6.83. The van der Waals surface area contributed by atoms with Crippen LogP contribution < -0.4 is 5.32 Å². The summed E-state index contributed by atoms with van der Waals surface area (Å²) in [5.41, 5.74) is 0.935. The molecule has 0 amide bonds. The minimum absolute atomic E-state index is 0.195. The quantitative estimate of drug-likeness (QED) is 0.739. The van der Waals surface area contributed by atoms with Gasteiger partial charge in [-0.2, -0.15) is 0 Å². The number of hydrogen-bond acceptors (Lipinski definition) is 3. The van der Waals surface area contributed by atoms with E-state index in [9.17, 15) is 8.42 Å². The Balaban J connectivity index is 2.81. The number of halogens is 1. The van der Waals surface area contributed by atoms with E-state index in [1.807, 2.05) is 19.1 Å². The van der Waals surface area contributed by atoms with Crippen molar-refractivity contribution in [2.45, 2.75) is 44.6 Å². The topological polar surface area (TPSA) is 46.2 Å². The van der Waals surface area contributed by atoms with Crippen molar-refractivity contribution in [1.29, 1.82) is 0 Å². The highest BCUT2D eigenvalue weighted by molar-refractivity contribution is 7.91. The van der Waals surface area contributed by atoms with E-state index in [-0.39, 0.29) is 5.75 Å². The molecule has 1 rings (SSSR count). The van der Waals surface area contributed by atoms with Gasteiger partial charge in [0.15, 0.2) is 9.84 Å². The van der Waals surface area contributed by atoms with E-state index in [0.717, 1.165) is 12.1 Å². The molecular formula is C15H24ClNO2S. The average Bonchev–Trinajstić information content (AvgIpc) is 2.38. The summed E-state index contributed by atoms with van der Waals surface area (Å²) in [5, 5.41) is 3.41. The second-order valence-corrected chi connectivity index (χ2v) is 7.80. The number of anilines is 1. The second kappa shape index (κ2) is 7.89. The summed E-state index contributed by atoms with van der Waals surface area (Å²) in [7, 11) is -3.13. The maximum absolute atomic E-state index is 11.9. The molecule has 3 nitrogen and oxygen atoms in total. The van der Waals surface area contributed by atoms with E-state index in [1.54, 1.807) is 12.1 Å². The first-order valence-corrected chi connectivity index (χ1v) is 9.24. The summed E-state index contributed by atoms with van der Waals surface area (Å²) < 4.78 is 23.9. The van der Waals surface area contributed by atoms with Crippen LogP contribution >= 0.6 is 11.6 Å². The molecular weight excluding hydrogens is 294 g/mol. The molecule has 0 saturated heterocycles. The van der Waals surface area contributed by atoms with Crippen LogP contribution in [0.3, 0.4) is 0 Å². The lowest BCUT2D eigenvalue weighted by Crippen LogP contribution is -2.26. The van der Waals surface area contributed by atoms with Gasteiger partial charge in [0.2, 0.25) is 0 Å². The van der Waals surface area contributed by atoms with E-state index in [1.165, 1.54) is 0 Å². The number of rotatable bonds is 8. The van der Waals surface area contributed by atoms with Gasteiger partial charge in [0.1, 0.15) is 0 Å². The lowest BCUT2D eigenvalue weighted by Gasteiger charge is -2.22. The fraction of sp³-hybridized carbons (Fsp3) is 0.600. The Morgan fingerprint density at radius 1 is 1.20 bits per heavy atom. The van der Waals surface area contributed by atoms with Crippen molar-refractivity contribution in [3.63, 3.8) is 0 Å². The van der Waals surface area contributed by atoms with Crippen LogP contribution in [0.1, 0.15) is 33.6 Å². The van der Waals surface area contributed by atoms with Crippen molar-refractivity contribution in [2.75, 3.05) is 16.9 Å². The van der Waals surface area contributed by atoms with Crippen LogP contribution in [0.4, 0.5) is 5.69 Å². The third kappa shape index (κ3) is 4.98. The maximum Gasteiger partial charge on any atom is 0.178 e. The minimum atomic E-state index is -3.13. The molecule has 0 spiro atoms. The summed E-state index contributed by atoms with van der Waals surface area (Å²) in [6.07, 6.45) is 1.52. The number of sulfone groups is 1. The normalized spacial score (nSPS) is 13.4. The van der Waals surface area contributed by atoms with Crippen LogP contribution in [0.25, 0.3) is 0 Å². The van der Waals surface area contributed by atoms with Crippen LogP contribution in [-0.4, -0.2) is 26.1 Å². The molecule has 0 radical (unpaired) electrons. The minimum Gasteiger partial charge on any atom is -0.382 e. The Morgan fingerprint density at radius 2 is 1.80 bits per heavy atom. The van der Waals surface area contributed by atoms with Gasteiger partial charge in [0.25, 0.3) is 0 Å². The molecule has 5 heteroatoms. The molecule has 1 aromatic rings. The predicted octanol–water partition coefficient (Wildman–Crippen LogP) is 3.94. The molecule has 1 atom stereocenters. The smallest absolute Gasteiger partial charge is 0.178 e. The molecule has 0 heterocycles. The largest absolute Gasteiger partial charge is 0.382 e. The second-order valence-electron chi connectivity index (χ2n) is 5.32. The van der Waals surface area contributed by atoms with E-state index in [2.05, 4.69) is 19.2 Å². The molecule has 0 bridgehead atoms. The van der Waals surface area contributed by atoms with Gasteiger partial charge in [-0.15, -0.1) is 11.6 Å². The van der Waals surface area contributed by atoms with Crippen LogP contribution in [0, 0.1) is 5.92 Å². The summed E-state index contributed by atoms with van der Waals surface area (Å²) in [6.45, 7) is 6.15. The summed E-state index contributed by atoms with van der Waals surface area (Å²) >= 11 is 5.81. The highest BCUT2D eigenvalue weighted by Gasteiger charge is 2.15. The maximum atomic E-state index is 11.9. The molecule has 1 unspecified atom stereocenters. The number of hydrogen-bond donors (Lipinski definition) is 1. The SMILES string of the molecule is CCCS(=O)(=O)c1ccc(NC(CCCl)C(C)C)cc1. The zero-order valence-corrected chi connectivity index (χ0v) is 14.0. The number of alkyl halides is 1. The van der Waals surface area contributed by atoms with Crippen molar-refractivity contribution in [3.05, 3.63) is 24.3 Å². The molecule has 20 heavy (non-hydrogen) atoms. The highest BCUT2D eigenvalue weighted by atomic mass is 35.5. The van der Waals surface area contributed by atoms with Crippen LogP contribution in [0.5, 0.6) is 0 Å². The molecule has 0 saturated carbocycles. The lowest BCUT2D eigenvalue weighted by molar-refractivity contribution is 0.513. The standard InChI is InChI=1S/C15H24ClNO2S/c1-4-11-20(18,19)14-7-5-13(6-8-14)17-15(9-10-16)12(2)3/h5-8,12,15,17H,4,9-11H2,1-3H3. The summed E-state index contributed by atoms with van der Waals surface area (Å²) in [4.78, 5) is 0.392. The van der Waals surface area contributed by atoms with Gasteiger partial charge in [0, 0.05) is 17.6 Å². The first kappa shape index (κ1) is 17.3. The Bertz CT molecular complexity index is 497. The average molecular weight is 318 g/mol. The first-order chi connectivity index (χ1) is 9.40. The molecule has 0 fully saturated rings. The monoisotopic (exact) mass is 317 g/mol. The predicted molar refractivity (Wildman–Crippen MR) is 86.4 cm³/mol. The van der Waals surface area contributed by atoms with Gasteiger partial charge in [-0.1, -0.05) is 20.8 Å². The summed E-state index contributed by atoms with van der Waals surface area (Å²) in [5.74, 6) is 1.27. The van der Waals surface area contributed by atoms with Gasteiger partial charge in [-0.3, -0.25) is 0 Å². The summed E-state index contributed by atoms with van der Waals surface area (Å²) in [6, 6.07) is 7.29. The molecule has 0 aliphatic rings. The number of benzene rings is 1. The third-order valence-corrected chi connectivity index (χ3v) is 5.42. The third-order valence-electron chi connectivity index (χ3n) is 3.26. The van der Waals surface area contributed by atoms with Gasteiger partial charge in [-0.25, -0.2) is 8.42 Å². The van der Waals surface area contributed by atoms with E-state index in [0.29, 0.717) is 29.2 Å². The molecule has 0 aliphatic heterocycles. The molecule has 0 aliphatic carbocycles. The lowest BCUT2D eigenvalue weighted by atomic mass is 10.0.